The molecule has 7 nitrogen and oxygen atoms in total. The fourth-order valence-corrected chi connectivity index (χ4v) is 4.00. The van der Waals surface area contributed by atoms with E-state index in [0.29, 0.717) is 17.9 Å². The molecule has 164 valence electrons. The molecule has 0 saturated carbocycles. The van der Waals surface area contributed by atoms with Crippen molar-refractivity contribution in [1.82, 2.24) is 4.90 Å². The number of benzene rings is 2. The molecular weight excluding hydrogens is 392 g/mol. The summed E-state index contributed by atoms with van der Waals surface area (Å²) in [5, 5.41) is 5.61. The van der Waals surface area contributed by atoms with Crippen molar-refractivity contribution in [3.05, 3.63) is 60.2 Å². The normalized spacial score (nSPS) is 15.2. The van der Waals surface area contributed by atoms with E-state index in [1.807, 2.05) is 42.2 Å². The summed E-state index contributed by atoms with van der Waals surface area (Å²) in [6.07, 6.45) is 2.06. The van der Waals surface area contributed by atoms with Crippen molar-refractivity contribution in [3.63, 3.8) is 0 Å². The summed E-state index contributed by atoms with van der Waals surface area (Å²) in [6, 6.07) is 16.3. The summed E-state index contributed by atoms with van der Waals surface area (Å²) < 4.78 is 0. The predicted molar refractivity (Wildman–Crippen MR) is 121 cm³/mol. The van der Waals surface area contributed by atoms with Gasteiger partial charge in [0.2, 0.25) is 5.91 Å². The van der Waals surface area contributed by atoms with Crippen LogP contribution in [0.4, 0.5) is 11.4 Å². The fraction of sp³-hybridized carbons (Fsp3) is 0.375. The van der Waals surface area contributed by atoms with Gasteiger partial charge in [0.15, 0.2) is 12.6 Å². The van der Waals surface area contributed by atoms with Crippen LogP contribution in [0.5, 0.6) is 0 Å². The summed E-state index contributed by atoms with van der Waals surface area (Å²) >= 11 is 0. The smallest absolute Gasteiger partial charge is 0.285 e. The van der Waals surface area contributed by atoms with E-state index in [4.69, 9.17) is 0 Å². The third-order valence-corrected chi connectivity index (χ3v) is 5.54. The third kappa shape index (κ3) is 6.15. The van der Waals surface area contributed by atoms with Gasteiger partial charge in [-0.25, -0.2) is 0 Å². The van der Waals surface area contributed by atoms with Crippen LogP contribution in [0.2, 0.25) is 0 Å². The second-order valence-corrected chi connectivity index (χ2v) is 7.87. The van der Waals surface area contributed by atoms with E-state index in [2.05, 4.69) is 10.6 Å². The Kier molecular flexibility index (Phi) is 7.78. The molecule has 1 saturated heterocycles. The van der Waals surface area contributed by atoms with Gasteiger partial charge in [-0.2, -0.15) is 0 Å². The first-order valence-electron chi connectivity index (χ1n) is 10.8. The lowest BCUT2D eigenvalue weighted by atomic mass is 10.0. The number of quaternary nitrogens is 1. The molecule has 2 aromatic carbocycles. The van der Waals surface area contributed by atoms with Crippen molar-refractivity contribution in [3.8, 4) is 0 Å². The first-order chi connectivity index (χ1) is 15.0. The van der Waals surface area contributed by atoms with Crippen molar-refractivity contribution in [2.45, 2.75) is 32.7 Å². The van der Waals surface area contributed by atoms with Gasteiger partial charge in [-0.05, 0) is 44.0 Å². The Hall–Kier alpha value is -3.19. The average molecular weight is 424 g/mol. The van der Waals surface area contributed by atoms with Crippen LogP contribution in [0, 0.1) is 0 Å². The van der Waals surface area contributed by atoms with Gasteiger partial charge in [0.1, 0.15) is 0 Å². The van der Waals surface area contributed by atoms with E-state index in [-0.39, 0.29) is 24.3 Å². The number of likely N-dealkylation sites (tertiary alicyclic amines) is 1. The van der Waals surface area contributed by atoms with Crippen LogP contribution in [0.1, 0.15) is 38.3 Å². The molecule has 1 heterocycles. The Morgan fingerprint density at radius 3 is 2.06 bits per heavy atom. The molecule has 1 fully saturated rings. The summed E-state index contributed by atoms with van der Waals surface area (Å²) in [7, 11) is 0. The Balaban J connectivity index is 1.71. The van der Waals surface area contributed by atoms with Gasteiger partial charge in [0, 0.05) is 37.0 Å². The van der Waals surface area contributed by atoms with E-state index >= 15 is 0 Å². The molecule has 1 unspecified atom stereocenters. The topological polar surface area (TPSA) is 83.0 Å². The Morgan fingerprint density at radius 1 is 0.935 bits per heavy atom. The number of amides is 3. The molecule has 0 aromatic heterocycles. The number of rotatable bonds is 8. The highest BCUT2D eigenvalue weighted by atomic mass is 16.2. The summed E-state index contributed by atoms with van der Waals surface area (Å²) in [4.78, 5) is 40.1. The Morgan fingerprint density at radius 2 is 1.52 bits per heavy atom. The quantitative estimate of drug-likeness (QED) is 0.606. The first kappa shape index (κ1) is 22.5. The molecule has 1 aliphatic rings. The standard InChI is InChI=1S/C24H30N4O3/c1-3-27(17-22(30)26-21-13-11-20(12-14-21)25-18(2)29)23(19-9-5-4-6-10-19)24(31)28-15-7-8-16-28/h4-6,9-14,23H,3,7-8,15-17H2,1-2H3,(H,25,29)(H,26,30)/p+1/t23-/m1/s1. The van der Waals surface area contributed by atoms with E-state index in [1.165, 1.54) is 6.92 Å². The Bertz CT molecular complexity index is 893. The molecule has 3 rings (SSSR count). The van der Waals surface area contributed by atoms with Crippen molar-refractivity contribution in [2.24, 2.45) is 0 Å². The molecule has 0 radical (unpaired) electrons. The lowest BCUT2D eigenvalue weighted by molar-refractivity contribution is -0.912. The second kappa shape index (κ2) is 10.7. The lowest BCUT2D eigenvalue weighted by Crippen LogP contribution is -3.14. The number of carbonyl (C=O) groups excluding carboxylic acids is 3. The zero-order valence-electron chi connectivity index (χ0n) is 18.2. The van der Waals surface area contributed by atoms with Gasteiger partial charge in [0.05, 0.1) is 6.54 Å². The molecule has 7 heteroatoms. The zero-order chi connectivity index (χ0) is 22.2. The van der Waals surface area contributed by atoms with E-state index < -0.39 is 6.04 Å². The maximum atomic E-state index is 13.4. The van der Waals surface area contributed by atoms with Crippen LogP contribution in [-0.4, -0.2) is 48.8 Å². The maximum Gasteiger partial charge on any atom is 0.285 e. The van der Waals surface area contributed by atoms with Gasteiger partial charge >= 0.3 is 0 Å². The van der Waals surface area contributed by atoms with E-state index in [0.717, 1.165) is 36.4 Å². The van der Waals surface area contributed by atoms with Gasteiger partial charge < -0.3 is 20.4 Å². The van der Waals surface area contributed by atoms with E-state index in [1.54, 1.807) is 24.3 Å². The number of hydrogen-bond acceptors (Lipinski definition) is 3. The van der Waals surface area contributed by atoms with Crippen LogP contribution < -0.4 is 15.5 Å². The lowest BCUT2D eigenvalue weighted by Gasteiger charge is -2.29. The van der Waals surface area contributed by atoms with Crippen molar-refractivity contribution >= 4 is 29.1 Å². The first-order valence-corrected chi connectivity index (χ1v) is 10.8. The molecule has 3 N–H and O–H groups in total. The second-order valence-electron chi connectivity index (χ2n) is 7.87. The van der Waals surface area contributed by atoms with Crippen molar-refractivity contribution in [1.29, 1.82) is 0 Å². The third-order valence-electron chi connectivity index (χ3n) is 5.54. The van der Waals surface area contributed by atoms with E-state index in [9.17, 15) is 14.4 Å². The minimum Gasteiger partial charge on any atom is -0.337 e. The van der Waals surface area contributed by atoms with Crippen molar-refractivity contribution in [2.75, 3.05) is 36.8 Å². The van der Waals surface area contributed by atoms with Gasteiger partial charge in [-0.3, -0.25) is 14.4 Å². The molecule has 2 aromatic rings. The Labute approximate surface area is 183 Å². The molecule has 0 bridgehead atoms. The number of carbonyl (C=O) groups is 3. The molecule has 0 spiro atoms. The molecule has 0 aliphatic carbocycles. The summed E-state index contributed by atoms with van der Waals surface area (Å²) in [6.45, 7) is 5.84. The number of hydrogen-bond donors (Lipinski definition) is 3. The largest absolute Gasteiger partial charge is 0.337 e. The molecule has 31 heavy (non-hydrogen) atoms. The fourth-order valence-electron chi connectivity index (χ4n) is 4.00. The minimum absolute atomic E-state index is 0.0908. The minimum atomic E-state index is -0.405. The van der Waals surface area contributed by atoms with Gasteiger partial charge in [0.25, 0.3) is 11.8 Å². The zero-order valence-corrected chi connectivity index (χ0v) is 18.2. The molecular formula is C24H31N4O3+. The molecule has 1 aliphatic heterocycles. The predicted octanol–water partition coefficient (Wildman–Crippen LogP) is 1.85. The molecule has 3 amide bonds. The summed E-state index contributed by atoms with van der Waals surface area (Å²) in [5.74, 6) is -0.208. The number of anilines is 2. The highest BCUT2D eigenvalue weighted by Gasteiger charge is 2.36. The average Bonchev–Trinajstić information content (AvgIpc) is 3.30. The highest BCUT2D eigenvalue weighted by molar-refractivity contribution is 5.93. The number of nitrogens with one attached hydrogen (secondary N) is 3. The van der Waals surface area contributed by atoms with Gasteiger partial charge in [-0.1, -0.05) is 30.3 Å². The number of likely N-dealkylation sites (N-methyl/N-ethyl adjacent to an activating group) is 1. The van der Waals surface area contributed by atoms with Crippen LogP contribution in [0.15, 0.2) is 54.6 Å². The maximum absolute atomic E-state index is 13.4. The van der Waals surface area contributed by atoms with Crippen LogP contribution in [0.3, 0.4) is 0 Å². The van der Waals surface area contributed by atoms with Crippen LogP contribution >= 0.6 is 0 Å². The highest BCUT2D eigenvalue weighted by Crippen LogP contribution is 2.17. The monoisotopic (exact) mass is 423 g/mol. The van der Waals surface area contributed by atoms with Gasteiger partial charge in [-0.15, -0.1) is 0 Å². The van der Waals surface area contributed by atoms with Crippen LogP contribution in [0.25, 0.3) is 0 Å². The van der Waals surface area contributed by atoms with Crippen LogP contribution in [-0.2, 0) is 14.4 Å². The molecule has 2 atom stereocenters. The summed E-state index contributed by atoms with van der Waals surface area (Å²) in [5.41, 5.74) is 2.26. The van der Waals surface area contributed by atoms with Crippen molar-refractivity contribution < 1.29 is 19.3 Å². The SMILES string of the molecule is CC[NH+](CC(=O)Nc1ccc(NC(C)=O)cc1)[C@@H](C(=O)N1CCCC1)c1ccccc1. The number of nitrogens with zero attached hydrogens (tertiary/aromatic N) is 1.